The van der Waals surface area contributed by atoms with E-state index in [9.17, 15) is 4.39 Å². The van der Waals surface area contributed by atoms with Crippen molar-refractivity contribution in [3.8, 4) is 0 Å². The maximum absolute atomic E-state index is 13.7. The molecule has 1 heterocycles. The van der Waals surface area contributed by atoms with Crippen LogP contribution in [0.5, 0.6) is 0 Å². The summed E-state index contributed by atoms with van der Waals surface area (Å²) < 4.78 is 25.6. The van der Waals surface area contributed by atoms with E-state index in [2.05, 4.69) is 31.6 Å². The number of guanidine groups is 1. The first kappa shape index (κ1) is 20.1. The largest absolute Gasteiger partial charge is 0.379 e. The molecule has 5 nitrogen and oxygen atoms in total. The van der Waals surface area contributed by atoms with E-state index in [1.165, 1.54) is 6.07 Å². The number of hydrogen-bond acceptors (Lipinski definition) is 3. The molecule has 1 aromatic carbocycles. The fourth-order valence-corrected chi connectivity index (χ4v) is 2.95. The highest BCUT2D eigenvalue weighted by Crippen LogP contribution is 2.15. The lowest BCUT2D eigenvalue weighted by molar-refractivity contribution is 0.0424. The van der Waals surface area contributed by atoms with Gasteiger partial charge in [-0.1, -0.05) is 15.9 Å². The lowest BCUT2D eigenvalue weighted by Gasteiger charge is -2.12. The summed E-state index contributed by atoms with van der Waals surface area (Å²) in [6, 6.07) is 5.00. The molecule has 1 atom stereocenters. The molecule has 0 aliphatic carbocycles. The molecule has 2 rings (SSSR count). The molecule has 1 fully saturated rings. The zero-order valence-electron chi connectivity index (χ0n) is 14.7. The van der Waals surface area contributed by atoms with Gasteiger partial charge in [-0.05, 0) is 49.9 Å². The molecule has 1 saturated heterocycles. The normalized spacial score (nSPS) is 17.7. The molecular weight excluding hydrogens is 389 g/mol. The van der Waals surface area contributed by atoms with Crippen LogP contribution in [0, 0.1) is 5.82 Å². The predicted octanol–water partition coefficient (Wildman–Crippen LogP) is 2.88. The van der Waals surface area contributed by atoms with Gasteiger partial charge in [0.05, 0.1) is 12.7 Å². The molecule has 0 bridgehead atoms. The van der Waals surface area contributed by atoms with Crippen molar-refractivity contribution in [2.24, 2.45) is 4.99 Å². The third kappa shape index (κ3) is 7.71. The Kier molecular flexibility index (Phi) is 9.21. The van der Waals surface area contributed by atoms with Gasteiger partial charge in [-0.25, -0.2) is 4.39 Å². The van der Waals surface area contributed by atoms with E-state index in [0.717, 1.165) is 36.4 Å². The maximum Gasteiger partial charge on any atom is 0.191 e. The molecule has 25 heavy (non-hydrogen) atoms. The summed E-state index contributed by atoms with van der Waals surface area (Å²) in [6.45, 7) is 6.32. The molecular formula is C18H27BrFN3O2. The minimum Gasteiger partial charge on any atom is -0.379 e. The monoisotopic (exact) mass is 415 g/mol. The number of aliphatic imine (C=N–C) groups is 1. The zero-order valence-corrected chi connectivity index (χ0v) is 16.3. The molecule has 1 aliphatic rings. The number of hydrogen-bond donors (Lipinski definition) is 2. The number of nitrogens with one attached hydrogen (secondary N) is 2. The summed E-state index contributed by atoms with van der Waals surface area (Å²) in [7, 11) is 0. The van der Waals surface area contributed by atoms with Crippen molar-refractivity contribution in [1.29, 1.82) is 0 Å². The molecule has 0 radical (unpaired) electrons. The van der Waals surface area contributed by atoms with Gasteiger partial charge >= 0.3 is 0 Å². The smallest absolute Gasteiger partial charge is 0.191 e. The summed E-state index contributed by atoms with van der Waals surface area (Å²) in [5.74, 6) is 0.571. The van der Waals surface area contributed by atoms with Gasteiger partial charge < -0.3 is 20.1 Å². The molecule has 1 aliphatic heterocycles. The van der Waals surface area contributed by atoms with Crippen LogP contribution in [0.3, 0.4) is 0 Å². The number of rotatable bonds is 9. The van der Waals surface area contributed by atoms with Gasteiger partial charge in [0.2, 0.25) is 0 Å². The Morgan fingerprint density at radius 1 is 1.44 bits per heavy atom. The van der Waals surface area contributed by atoms with Crippen molar-refractivity contribution in [3.63, 3.8) is 0 Å². The van der Waals surface area contributed by atoms with Gasteiger partial charge in [0.15, 0.2) is 5.96 Å². The Morgan fingerprint density at radius 3 is 3.08 bits per heavy atom. The lowest BCUT2D eigenvalue weighted by Crippen LogP contribution is -2.38. The van der Waals surface area contributed by atoms with Crippen molar-refractivity contribution in [3.05, 3.63) is 34.1 Å². The van der Waals surface area contributed by atoms with E-state index in [1.807, 2.05) is 13.0 Å². The third-order valence-electron chi connectivity index (χ3n) is 3.85. The lowest BCUT2D eigenvalue weighted by atomic mass is 10.1. The van der Waals surface area contributed by atoms with E-state index in [4.69, 9.17) is 9.47 Å². The quantitative estimate of drug-likeness (QED) is 0.369. The van der Waals surface area contributed by atoms with Crippen LogP contribution in [-0.2, 0) is 15.9 Å². The summed E-state index contributed by atoms with van der Waals surface area (Å²) in [6.07, 6.45) is 2.70. The SMILES string of the molecule is CCNC(=NCCCOC1CCOC1)NCCc1cc(Br)ccc1F. The summed E-state index contributed by atoms with van der Waals surface area (Å²) in [4.78, 5) is 4.53. The van der Waals surface area contributed by atoms with Gasteiger partial charge in [-0.3, -0.25) is 4.99 Å². The van der Waals surface area contributed by atoms with Gasteiger partial charge in [-0.15, -0.1) is 0 Å². The highest BCUT2D eigenvalue weighted by molar-refractivity contribution is 9.10. The van der Waals surface area contributed by atoms with E-state index >= 15 is 0 Å². The second-order valence-corrected chi connectivity index (χ2v) is 6.80. The minimum absolute atomic E-state index is 0.181. The van der Waals surface area contributed by atoms with Gasteiger partial charge in [0, 0.05) is 37.3 Å². The standard InChI is InChI=1S/C18H27BrFN3O2/c1-2-21-18(22-8-3-10-25-16-7-11-24-13-16)23-9-6-14-12-15(19)4-5-17(14)20/h4-5,12,16H,2-3,6-11,13H2,1H3,(H2,21,22,23). The van der Waals surface area contributed by atoms with E-state index in [0.29, 0.717) is 38.3 Å². The molecule has 2 N–H and O–H groups in total. The fraction of sp³-hybridized carbons (Fsp3) is 0.611. The summed E-state index contributed by atoms with van der Waals surface area (Å²) >= 11 is 3.37. The van der Waals surface area contributed by atoms with E-state index in [1.54, 1.807) is 6.07 Å². The van der Waals surface area contributed by atoms with Crippen molar-refractivity contribution in [1.82, 2.24) is 10.6 Å². The third-order valence-corrected chi connectivity index (χ3v) is 4.35. The summed E-state index contributed by atoms with van der Waals surface area (Å²) in [5.41, 5.74) is 0.685. The Balaban J connectivity index is 1.68. The fourth-order valence-electron chi connectivity index (χ4n) is 2.54. The Morgan fingerprint density at radius 2 is 2.32 bits per heavy atom. The first-order chi connectivity index (χ1) is 12.2. The number of halogens is 2. The minimum atomic E-state index is -0.181. The van der Waals surface area contributed by atoms with Crippen LogP contribution in [0.15, 0.2) is 27.7 Å². The maximum atomic E-state index is 13.7. The first-order valence-electron chi connectivity index (χ1n) is 8.84. The molecule has 1 aromatic rings. The Labute approximate surface area is 157 Å². The van der Waals surface area contributed by atoms with Crippen LogP contribution >= 0.6 is 15.9 Å². The molecule has 1 unspecified atom stereocenters. The van der Waals surface area contributed by atoms with Gasteiger partial charge in [0.1, 0.15) is 5.82 Å². The topological polar surface area (TPSA) is 54.9 Å². The number of nitrogens with zero attached hydrogens (tertiary/aromatic N) is 1. The van der Waals surface area contributed by atoms with Crippen LogP contribution in [0.2, 0.25) is 0 Å². The van der Waals surface area contributed by atoms with Crippen molar-refractivity contribution < 1.29 is 13.9 Å². The predicted molar refractivity (Wildman–Crippen MR) is 102 cm³/mol. The molecule has 7 heteroatoms. The average molecular weight is 416 g/mol. The average Bonchev–Trinajstić information content (AvgIpc) is 3.11. The molecule has 0 saturated carbocycles. The van der Waals surface area contributed by atoms with Crippen LogP contribution in [-0.4, -0.2) is 51.5 Å². The Bertz CT molecular complexity index is 551. The van der Waals surface area contributed by atoms with E-state index in [-0.39, 0.29) is 11.9 Å². The summed E-state index contributed by atoms with van der Waals surface area (Å²) in [5, 5.41) is 6.45. The molecule has 140 valence electrons. The van der Waals surface area contributed by atoms with Gasteiger partial charge in [0.25, 0.3) is 0 Å². The van der Waals surface area contributed by atoms with Crippen molar-refractivity contribution in [2.45, 2.75) is 32.3 Å². The van der Waals surface area contributed by atoms with Crippen molar-refractivity contribution in [2.75, 3.05) is 39.5 Å². The van der Waals surface area contributed by atoms with Crippen LogP contribution in [0.25, 0.3) is 0 Å². The van der Waals surface area contributed by atoms with E-state index < -0.39 is 0 Å². The zero-order chi connectivity index (χ0) is 17.9. The van der Waals surface area contributed by atoms with Crippen molar-refractivity contribution >= 4 is 21.9 Å². The highest BCUT2D eigenvalue weighted by atomic mass is 79.9. The molecule has 0 spiro atoms. The van der Waals surface area contributed by atoms with Gasteiger partial charge in [-0.2, -0.15) is 0 Å². The van der Waals surface area contributed by atoms with Crippen LogP contribution in [0.1, 0.15) is 25.3 Å². The molecule has 0 aromatic heterocycles. The number of ether oxygens (including phenoxy) is 2. The second-order valence-electron chi connectivity index (χ2n) is 5.88. The van der Waals surface area contributed by atoms with Crippen LogP contribution < -0.4 is 10.6 Å². The first-order valence-corrected chi connectivity index (χ1v) is 9.63. The second kappa shape index (κ2) is 11.4. The van der Waals surface area contributed by atoms with Crippen LogP contribution in [0.4, 0.5) is 4.39 Å². The molecule has 0 amide bonds. The highest BCUT2D eigenvalue weighted by Gasteiger charge is 2.15. The Hall–Kier alpha value is -1.18. The number of benzene rings is 1.